The lowest BCUT2D eigenvalue weighted by molar-refractivity contribution is 1.05. The molecule has 2 N–H and O–H groups in total. The lowest BCUT2D eigenvalue weighted by atomic mass is 10.2. The van der Waals surface area contributed by atoms with Crippen molar-refractivity contribution in [2.75, 3.05) is 5.32 Å². The number of anilines is 1. The molecule has 0 spiro atoms. The number of para-hydroxylation sites is 1. The van der Waals surface area contributed by atoms with Gasteiger partial charge >= 0.3 is 0 Å². The van der Waals surface area contributed by atoms with E-state index in [2.05, 4.69) is 31.8 Å². The lowest BCUT2D eigenvalue weighted by Gasteiger charge is -2.06. The van der Waals surface area contributed by atoms with Crippen LogP contribution in [0.1, 0.15) is 5.56 Å². The molecule has 0 aliphatic carbocycles. The summed E-state index contributed by atoms with van der Waals surface area (Å²) in [7, 11) is 0. The summed E-state index contributed by atoms with van der Waals surface area (Å²) in [5, 5.41) is 7.57. The Morgan fingerprint density at radius 1 is 1.11 bits per heavy atom. The molecule has 0 radical (unpaired) electrons. The molecule has 0 amide bonds. The third-order valence-electron chi connectivity index (χ3n) is 2.26. The van der Waals surface area contributed by atoms with E-state index in [1.54, 1.807) is 6.21 Å². The molecule has 0 aliphatic rings. The van der Waals surface area contributed by atoms with Gasteiger partial charge in [0.2, 0.25) is 0 Å². The number of hydrogen-bond donors (Lipinski definition) is 2. The van der Waals surface area contributed by atoms with Crippen molar-refractivity contribution >= 4 is 45.2 Å². The topological polar surface area (TPSA) is 36.4 Å². The molecule has 0 aliphatic heterocycles. The minimum absolute atomic E-state index is 0.456. The molecule has 0 saturated heterocycles. The Labute approximate surface area is 125 Å². The highest BCUT2D eigenvalue weighted by molar-refractivity contribution is 9.10. The van der Waals surface area contributed by atoms with E-state index in [9.17, 15) is 0 Å². The van der Waals surface area contributed by atoms with Gasteiger partial charge in [-0.2, -0.15) is 5.10 Å². The quantitative estimate of drug-likeness (QED) is 0.510. The number of benzene rings is 2. The van der Waals surface area contributed by atoms with Gasteiger partial charge in [0, 0.05) is 10.2 Å². The number of nitrogens with zero attached hydrogens (tertiary/aromatic N) is 1. The SMILES string of the molecule is S=C(NN=Cc1cccc(Br)c1)Nc1ccccc1. The van der Waals surface area contributed by atoms with Gasteiger partial charge in [-0.3, -0.25) is 5.43 Å². The average Bonchev–Trinajstić information content (AvgIpc) is 2.40. The Balaban J connectivity index is 1.87. The van der Waals surface area contributed by atoms with Crippen LogP contribution in [0, 0.1) is 0 Å². The standard InChI is InChI=1S/C14H12BrN3S/c15-12-6-4-5-11(9-12)10-16-18-14(19)17-13-7-2-1-3-8-13/h1-10H,(H2,17,18,19). The van der Waals surface area contributed by atoms with Crippen LogP contribution in [0.15, 0.2) is 64.2 Å². The van der Waals surface area contributed by atoms with Gasteiger partial charge in [0.05, 0.1) is 6.21 Å². The number of nitrogens with one attached hydrogen (secondary N) is 2. The van der Waals surface area contributed by atoms with E-state index in [0.29, 0.717) is 5.11 Å². The van der Waals surface area contributed by atoms with E-state index in [4.69, 9.17) is 12.2 Å². The average molecular weight is 334 g/mol. The van der Waals surface area contributed by atoms with Gasteiger partial charge in [-0.15, -0.1) is 0 Å². The van der Waals surface area contributed by atoms with Crippen molar-refractivity contribution in [1.82, 2.24) is 5.43 Å². The van der Waals surface area contributed by atoms with Crippen LogP contribution in [0.4, 0.5) is 5.69 Å². The van der Waals surface area contributed by atoms with Crippen LogP contribution >= 0.6 is 28.1 Å². The summed E-state index contributed by atoms with van der Waals surface area (Å²) in [4.78, 5) is 0. The number of hydrogen-bond acceptors (Lipinski definition) is 2. The van der Waals surface area contributed by atoms with Crippen LogP contribution in [0.25, 0.3) is 0 Å². The predicted octanol–water partition coefficient (Wildman–Crippen LogP) is 3.77. The van der Waals surface area contributed by atoms with Crippen molar-refractivity contribution in [1.29, 1.82) is 0 Å². The van der Waals surface area contributed by atoms with Crippen molar-refractivity contribution in [2.24, 2.45) is 5.10 Å². The molecule has 96 valence electrons. The Morgan fingerprint density at radius 2 is 1.89 bits per heavy atom. The Hall–Kier alpha value is -1.72. The molecular weight excluding hydrogens is 322 g/mol. The van der Waals surface area contributed by atoms with E-state index in [-0.39, 0.29) is 0 Å². The van der Waals surface area contributed by atoms with E-state index >= 15 is 0 Å². The van der Waals surface area contributed by atoms with Crippen LogP contribution in [0.2, 0.25) is 0 Å². The molecular formula is C14H12BrN3S. The maximum Gasteiger partial charge on any atom is 0.191 e. The summed E-state index contributed by atoms with van der Waals surface area (Å²) < 4.78 is 1.02. The van der Waals surface area contributed by atoms with Crippen LogP contribution in [-0.2, 0) is 0 Å². The zero-order valence-electron chi connectivity index (χ0n) is 10.0. The fourth-order valence-corrected chi connectivity index (χ4v) is 2.02. The number of thiocarbonyl (C=S) groups is 1. The van der Waals surface area contributed by atoms with Crippen molar-refractivity contribution in [3.05, 3.63) is 64.6 Å². The van der Waals surface area contributed by atoms with E-state index in [1.165, 1.54) is 0 Å². The smallest absolute Gasteiger partial charge is 0.191 e. The van der Waals surface area contributed by atoms with Gasteiger partial charge in [-0.1, -0.05) is 46.3 Å². The fraction of sp³-hybridized carbons (Fsp3) is 0. The molecule has 5 heteroatoms. The van der Waals surface area contributed by atoms with Gasteiger partial charge in [-0.05, 0) is 42.0 Å². The van der Waals surface area contributed by atoms with Crippen LogP contribution in [-0.4, -0.2) is 11.3 Å². The third-order valence-corrected chi connectivity index (χ3v) is 2.95. The lowest BCUT2D eigenvalue weighted by Crippen LogP contribution is -2.23. The highest BCUT2D eigenvalue weighted by atomic mass is 79.9. The van der Waals surface area contributed by atoms with Gasteiger partial charge in [0.15, 0.2) is 5.11 Å². The second kappa shape index (κ2) is 7.01. The number of rotatable bonds is 3. The maximum atomic E-state index is 5.13. The van der Waals surface area contributed by atoms with Gasteiger partial charge in [0.1, 0.15) is 0 Å². The zero-order chi connectivity index (χ0) is 13.5. The monoisotopic (exact) mass is 333 g/mol. The number of hydrazone groups is 1. The Morgan fingerprint density at radius 3 is 2.63 bits per heavy atom. The molecule has 2 rings (SSSR count). The maximum absolute atomic E-state index is 5.13. The first kappa shape index (κ1) is 13.7. The highest BCUT2D eigenvalue weighted by Gasteiger charge is 1.94. The summed E-state index contributed by atoms with van der Waals surface area (Å²) in [5.41, 5.74) is 4.69. The molecule has 2 aromatic rings. The normalized spacial score (nSPS) is 10.4. The first-order valence-corrected chi connectivity index (χ1v) is 6.85. The second-order valence-electron chi connectivity index (χ2n) is 3.75. The molecule has 2 aromatic carbocycles. The van der Waals surface area contributed by atoms with E-state index < -0.39 is 0 Å². The molecule has 19 heavy (non-hydrogen) atoms. The largest absolute Gasteiger partial charge is 0.331 e. The summed E-state index contributed by atoms with van der Waals surface area (Å²) in [6, 6.07) is 17.6. The second-order valence-corrected chi connectivity index (χ2v) is 5.07. The van der Waals surface area contributed by atoms with Crippen molar-refractivity contribution in [2.45, 2.75) is 0 Å². The van der Waals surface area contributed by atoms with E-state index in [0.717, 1.165) is 15.7 Å². The summed E-state index contributed by atoms with van der Waals surface area (Å²) in [6.45, 7) is 0. The molecule has 0 unspecified atom stereocenters. The summed E-state index contributed by atoms with van der Waals surface area (Å²) >= 11 is 8.54. The first-order chi connectivity index (χ1) is 9.24. The summed E-state index contributed by atoms with van der Waals surface area (Å²) in [5.74, 6) is 0. The molecule has 3 nitrogen and oxygen atoms in total. The molecule has 0 bridgehead atoms. The van der Waals surface area contributed by atoms with Crippen molar-refractivity contribution in [3.63, 3.8) is 0 Å². The van der Waals surface area contributed by atoms with Crippen molar-refractivity contribution in [3.8, 4) is 0 Å². The van der Waals surface area contributed by atoms with Gasteiger partial charge < -0.3 is 5.32 Å². The zero-order valence-corrected chi connectivity index (χ0v) is 12.4. The molecule has 0 saturated carbocycles. The van der Waals surface area contributed by atoms with Crippen LogP contribution in [0.5, 0.6) is 0 Å². The third kappa shape index (κ3) is 4.81. The van der Waals surface area contributed by atoms with Gasteiger partial charge in [-0.25, -0.2) is 0 Å². The highest BCUT2D eigenvalue weighted by Crippen LogP contribution is 2.09. The van der Waals surface area contributed by atoms with Gasteiger partial charge in [0.25, 0.3) is 0 Å². The Bertz CT molecular complexity index is 584. The van der Waals surface area contributed by atoms with E-state index in [1.807, 2.05) is 54.6 Å². The first-order valence-electron chi connectivity index (χ1n) is 5.65. The predicted molar refractivity (Wildman–Crippen MR) is 87.5 cm³/mol. The molecule has 0 aromatic heterocycles. The minimum atomic E-state index is 0.456. The molecule has 0 heterocycles. The minimum Gasteiger partial charge on any atom is -0.331 e. The fourth-order valence-electron chi connectivity index (χ4n) is 1.43. The van der Waals surface area contributed by atoms with Crippen LogP contribution < -0.4 is 10.7 Å². The van der Waals surface area contributed by atoms with Crippen molar-refractivity contribution < 1.29 is 0 Å². The molecule has 0 fully saturated rings. The van der Waals surface area contributed by atoms with Crippen LogP contribution in [0.3, 0.4) is 0 Å². The Kier molecular flexibility index (Phi) is 5.06. The molecule has 0 atom stereocenters. The number of halogens is 1. The summed E-state index contributed by atoms with van der Waals surface area (Å²) in [6.07, 6.45) is 1.71.